The van der Waals surface area contributed by atoms with Crippen molar-refractivity contribution in [2.45, 2.75) is 19.9 Å². The number of H-pyrrole nitrogens is 1. The highest BCUT2D eigenvalue weighted by atomic mass is 16.5. The van der Waals surface area contributed by atoms with Gasteiger partial charge in [0.2, 0.25) is 5.78 Å². The number of hydrogen-bond acceptors (Lipinski definition) is 5. The van der Waals surface area contributed by atoms with Gasteiger partial charge >= 0.3 is 5.69 Å². The van der Waals surface area contributed by atoms with E-state index in [1.807, 2.05) is 35.9 Å². The third-order valence-corrected chi connectivity index (χ3v) is 4.99. The number of imidazole rings is 2. The summed E-state index contributed by atoms with van der Waals surface area (Å²) in [5.74, 6) is 1.99. The summed E-state index contributed by atoms with van der Waals surface area (Å²) in [6.45, 7) is 2.62. The van der Waals surface area contributed by atoms with E-state index in [1.165, 1.54) is 4.57 Å². The van der Waals surface area contributed by atoms with Crippen LogP contribution < -0.4 is 20.7 Å². The van der Waals surface area contributed by atoms with Crippen molar-refractivity contribution in [2.75, 3.05) is 14.2 Å². The van der Waals surface area contributed by atoms with Crippen LogP contribution >= 0.6 is 0 Å². The molecule has 9 nitrogen and oxygen atoms in total. The number of methoxy groups -OCH3 is 2. The lowest BCUT2D eigenvalue weighted by atomic mass is 10.1. The molecule has 0 fully saturated rings. The van der Waals surface area contributed by atoms with E-state index >= 15 is 0 Å². The minimum absolute atomic E-state index is 0.364. The first-order chi connectivity index (χ1) is 13.4. The molecule has 0 atom stereocenters. The van der Waals surface area contributed by atoms with E-state index in [1.54, 1.807) is 25.7 Å². The van der Waals surface area contributed by atoms with Crippen LogP contribution in [0.5, 0.6) is 11.5 Å². The molecule has 4 rings (SSSR count). The van der Waals surface area contributed by atoms with Crippen molar-refractivity contribution in [1.29, 1.82) is 0 Å². The van der Waals surface area contributed by atoms with Gasteiger partial charge in [0.05, 0.1) is 14.2 Å². The molecule has 4 aromatic rings. The van der Waals surface area contributed by atoms with Gasteiger partial charge in [0.25, 0.3) is 5.56 Å². The predicted molar refractivity (Wildman–Crippen MR) is 105 cm³/mol. The van der Waals surface area contributed by atoms with Crippen LogP contribution in [0.1, 0.15) is 11.3 Å². The fourth-order valence-electron chi connectivity index (χ4n) is 3.47. The van der Waals surface area contributed by atoms with E-state index in [2.05, 4.69) is 9.97 Å². The summed E-state index contributed by atoms with van der Waals surface area (Å²) in [6.07, 6.45) is 2.60. The Labute approximate surface area is 159 Å². The standard InChI is InChI=1S/C19H21N5O4/c1-11-10-24-15-16(22(2)19(26)21-17(15)25)20-18(24)23(11)8-7-12-5-6-13(27-3)14(9-12)28-4/h5-6,9-10H,7-8H2,1-4H3,(H,21,25,26). The van der Waals surface area contributed by atoms with Crippen LogP contribution in [0.2, 0.25) is 0 Å². The van der Waals surface area contributed by atoms with Gasteiger partial charge in [-0.3, -0.25) is 18.7 Å². The molecule has 0 aliphatic rings. The molecule has 0 bridgehead atoms. The number of ether oxygens (including phenoxy) is 2. The van der Waals surface area contributed by atoms with Crippen LogP contribution in [0.4, 0.5) is 0 Å². The lowest BCUT2D eigenvalue weighted by molar-refractivity contribution is 0.354. The van der Waals surface area contributed by atoms with E-state index < -0.39 is 11.2 Å². The van der Waals surface area contributed by atoms with Gasteiger partial charge in [-0.2, -0.15) is 4.98 Å². The highest BCUT2D eigenvalue weighted by Crippen LogP contribution is 2.28. The summed E-state index contributed by atoms with van der Waals surface area (Å²) < 4.78 is 15.8. The van der Waals surface area contributed by atoms with Gasteiger partial charge in [0, 0.05) is 25.5 Å². The quantitative estimate of drug-likeness (QED) is 0.560. The molecule has 9 heteroatoms. The first kappa shape index (κ1) is 17.9. The summed E-state index contributed by atoms with van der Waals surface area (Å²) in [4.78, 5) is 31.0. The molecule has 3 heterocycles. The summed E-state index contributed by atoms with van der Waals surface area (Å²) in [5.41, 5.74) is 1.87. The molecule has 28 heavy (non-hydrogen) atoms. The van der Waals surface area contributed by atoms with Crippen molar-refractivity contribution in [3.63, 3.8) is 0 Å². The fraction of sp³-hybridized carbons (Fsp3) is 0.316. The van der Waals surface area contributed by atoms with Crippen LogP contribution in [0, 0.1) is 6.92 Å². The van der Waals surface area contributed by atoms with Crippen molar-refractivity contribution in [1.82, 2.24) is 23.5 Å². The first-order valence-electron chi connectivity index (χ1n) is 8.82. The number of nitrogens with one attached hydrogen (secondary N) is 1. The van der Waals surface area contributed by atoms with E-state index in [-0.39, 0.29) is 0 Å². The number of rotatable bonds is 5. The molecule has 0 unspecified atom stereocenters. The molecule has 0 saturated carbocycles. The Bertz CT molecular complexity index is 1310. The maximum absolute atomic E-state index is 12.3. The average molecular weight is 383 g/mol. The molecule has 0 spiro atoms. The molecular formula is C19H21N5O4. The van der Waals surface area contributed by atoms with Crippen LogP contribution in [0.15, 0.2) is 34.0 Å². The molecule has 146 valence electrons. The second kappa shape index (κ2) is 6.59. The van der Waals surface area contributed by atoms with Crippen LogP contribution in [0.25, 0.3) is 16.9 Å². The second-order valence-corrected chi connectivity index (χ2v) is 6.63. The number of hydrogen-bond donors (Lipinski definition) is 1. The Hall–Kier alpha value is -3.49. The van der Waals surface area contributed by atoms with E-state index in [4.69, 9.17) is 9.47 Å². The topological polar surface area (TPSA) is 95.6 Å². The largest absolute Gasteiger partial charge is 0.493 e. The van der Waals surface area contributed by atoms with Crippen molar-refractivity contribution < 1.29 is 9.47 Å². The maximum atomic E-state index is 12.3. The smallest absolute Gasteiger partial charge is 0.329 e. The third kappa shape index (κ3) is 2.67. The lowest BCUT2D eigenvalue weighted by Gasteiger charge is -2.10. The van der Waals surface area contributed by atoms with E-state index in [0.717, 1.165) is 17.7 Å². The zero-order chi connectivity index (χ0) is 20.0. The number of benzene rings is 1. The number of aromatic nitrogens is 5. The SMILES string of the molecule is COc1ccc(CCn2c(C)cn3c4c(=O)[nH]c(=O)n(C)c4nc23)cc1OC. The third-order valence-electron chi connectivity index (χ3n) is 4.99. The normalized spacial score (nSPS) is 11.4. The molecule has 0 aliphatic heterocycles. The molecule has 0 radical (unpaired) electrons. The van der Waals surface area contributed by atoms with Crippen LogP contribution in [-0.4, -0.2) is 37.7 Å². The molecular weight excluding hydrogens is 362 g/mol. The predicted octanol–water partition coefficient (Wildman–Crippen LogP) is 1.24. The van der Waals surface area contributed by atoms with Crippen molar-refractivity contribution in [3.05, 3.63) is 56.5 Å². The monoisotopic (exact) mass is 383 g/mol. The Balaban J connectivity index is 1.75. The Morgan fingerprint density at radius 3 is 2.61 bits per heavy atom. The number of aromatic amines is 1. The Morgan fingerprint density at radius 2 is 1.89 bits per heavy atom. The zero-order valence-electron chi connectivity index (χ0n) is 16.1. The average Bonchev–Trinajstić information content (AvgIpc) is 3.19. The van der Waals surface area contributed by atoms with Crippen LogP contribution in [-0.2, 0) is 20.0 Å². The van der Waals surface area contributed by atoms with Crippen molar-refractivity contribution in [3.8, 4) is 11.5 Å². The Kier molecular flexibility index (Phi) is 4.21. The first-order valence-corrected chi connectivity index (χ1v) is 8.82. The minimum atomic E-state index is -0.480. The van der Waals surface area contributed by atoms with Gasteiger partial charge < -0.3 is 14.0 Å². The number of fused-ring (bicyclic) bond motifs is 3. The number of nitrogens with zero attached hydrogens (tertiary/aromatic N) is 4. The summed E-state index contributed by atoms with van der Waals surface area (Å²) in [6, 6.07) is 5.82. The minimum Gasteiger partial charge on any atom is -0.493 e. The van der Waals surface area contributed by atoms with Crippen LogP contribution in [0.3, 0.4) is 0 Å². The molecule has 1 aromatic carbocycles. The van der Waals surface area contributed by atoms with Gasteiger partial charge in [-0.05, 0) is 31.0 Å². The van der Waals surface area contributed by atoms with E-state index in [9.17, 15) is 9.59 Å². The molecule has 0 aliphatic carbocycles. The highest BCUT2D eigenvalue weighted by Gasteiger charge is 2.17. The van der Waals surface area contributed by atoms with Gasteiger partial charge in [-0.1, -0.05) is 6.07 Å². The summed E-state index contributed by atoms with van der Waals surface area (Å²) in [7, 11) is 4.81. The summed E-state index contributed by atoms with van der Waals surface area (Å²) in [5, 5.41) is 0. The summed E-state index contributed by atoms with van der Waals surface area (Å²) >= 11 is 0. The molecule has 3 aromatic heterocycles. The molecule has 0 saturated heterocycles. The van der Waals surface area contributed by atoms with Gasteiger partial charge in [0.15, 0.2) is 22.7 Å². The van der Waals surface area contributed by atoms with E-state index in [0.29, 0.717) is 35.0 Å². The number of aryl methyl sites for hydroxylation is 4. The molecule has 0 amide bonds. The fourth-order valence-corrected chi connectivity index (χ4v) is 3.47. The zero-order valence-corrected chi connectivity index (χ0v) is 16.1. The van der Waals surface area contributed by atoms with Crippen molar-refractivity contribution in [2.24, 2.45) is 7.05 Å². The van der Waals surface area contributed by atoms with Gasteiger partial charge in [-0.25, -0.2) is 4.79 Å². The Morgan fingerprint density at radius 1 is 1.14 bits per heavy atom. The van der Waals surface area contributed by atoms with Gasteiger partial charge in [-0.15, -0.1) is 0 Å². The maximum Gasteiger partial charge on any atom is 0.329 e. The second-order valence-electron chi connectivity index (χ2n) is 6.63. The lowest BCUT2D eigenvalue weighted by Crippen LogP contribution is -2.28. The van der Waals surface area contributed by atoms with Gasteiger partial charge in [0.1, 0.15) is 0 Å². The highest BCUT2D eigenvalue weighted by molar-refractivity contribution is 5.75. The van der Waals surface area contributed by atoms with Crippen molar-refractivity contribution >= 4 is 16.9 Å². The molecule has 1 N–H and O–H groups in total.